The van der Waals surface area contributed by atoms with E-state index in [4.69, 9.17) is 0 Å². The Morgan fingerprint density at radius 2 is 2.16 bits per heavy atom. The van der Waals surface area contributed by atoms with E-state index in [0.29, 0.717) is 11.3 Å². The fourth-order valence-corrected chi connectivity index (χ4v) is 3.56. The van der Waals surface area contributed by atoms with Gasteiger partial charge in [-0.2, -0.15) is 11.8 Å². The number of anilines is 1. The summed E-state index contributed by atoms with van der Waals surface area (Å²) in [5.41, 5.74) is 1.74. The largest absolute Gasteiger partial charge is 0.365 e. The first-order valence-electron chi connectivity index (χ1n) is 6.89. The van der Waals surface area contributed by atoms with Gasteiger partial charge in [-0.15, -0.1) is 0 Å². The van der Waals surface area contributed by atoms with E-state index in [1.54, 1.807) is 6.07 Å². The van der Waals surface area contributed by atoms with Gasteiger partial charge in [-0.25, -0.2) is 4.39 Å². The summed E-state index contributed by atoms with van der Waals surface area (Å²) >= 11 is 1.97. The number of nitrogens with one attached hydrogen (secondary N) is 1. The highest BCUT2D eigenvalue weighted by atomic mass is 32.2. The number of halogens is 1. The zero-order chi connectivity index (χ0) is 14.0. The second-order valence-corrected chi connectivity index (χ2v) is 6.72. The van der Waals surface area contributed by atoms with Gasteiger partial charge in [0.05, 0.1) is 5.69 Å². The number of benzene rings is 1. The highest BCUT2D eigenvalue weighted by Gasteiger charge is 2.27. The quantitative estimate of drug-likeness (QED) is 0.914. The van der Waals surface area contributed by atoms with Crippen LogP contribution < -0.4 is 10.2 Å². The molecule has 0 amide bonds. The molecule has 0 saturated carbocycles. The van der Waals surface area contributed by atoms with Crippen LogP contribution in [-0.2, 0) is 0 Å². The molecule has 2 nitrogen and oxygen atoms in total. The Morgan fingerprint density at radius 1 is 1.42 bits per heavy atom. The molecule has 1 saturated heterocycles. The molecule has 0 radical (unpaired) electrons. The van der Waals surface area contributed by atoms with Crippen LogP contribution in [0.5, 0.6) is 0 Å². The maximum absolute atomic E-state index is 14.4. The molecule has 3 unspecified atom stereocenters. The third kappa shape index (κ3) is 3.06. The maximum atomic E-state index is 14.4. The van der Waals surface area contributed by atoms with Crippen molar-refractivity contribution in [2.75, 3.05) is 24.2 Å². The highest BCUT2D eigenvalue weighted by molar-refractivity contribution is 8.00. The van der Waals surface area contributed by atoms with Crippen molar-refractivity contribution in [1.82, 2.24) is 5.32 Å². The van der Waals surface area contributed by atoms with E-state index in [0.717, 1.165) is 23.5 Å². The summed E-state index contributed by atoms with van der Waals surface area (Å²) in [6.07, 6.45) is 0. The second-order valence-electron chi connectivity index (χ2n) is 5.23. The minimum Gasteiger partial charge on any atom is -0.365 e. The van der Waals surface area contributed by atoms with Crippen molar-refractivity contribution in [3.8, 4) is 0 Å². The predicted octanol–water partition coefficient (Wildman–Crippen LogP) is 3.44. The van der Waals surface area contributed by atoms with E-state index in [1.165, 1.54) is 0 Å². The van der Waals surface area contributed by atoms with E-state index in [9.17, 15) is 4.39 Å². The molecular weight excluding hydrogens is 259 g/mol. The van der Waals surface area contributed by atoms with Crippen molar-refractivity contribution in [2.24, 2.45) is 0 Å². The van der Waals surface area contributed by atoms with Crippen molar-refractivity contribution in [2.45, 2.75) is 38.1 Å². The normalized spacial score (nSPS) is 25.4. The molecule has 19 heavy (non-hydrogen) atoms. The minimum atomic E-state index is -0.106. The van der Waals surface area contributed by atoms with Gasteiger partial charge in [0.25, 0.3) is 0 Å². The van der Waals surface area contributed by atoms with Gasteiger partial charge in [-0.05, 0) is 38.6 Å². The summed E-state index contributed by atoms with van der Waals surface area (Å²) in [4.78, 5) is 2.20. The molecule has 1 heterocycles. The van der Waals surface area contributed by atoms with E-state index in [1.807, 2.05) is 37.9 Å². The molecule has 0 aliphatic carbocycles. The van der Waals surface area contributed by atoms with Gasteiger partial charge >= 0.3 is 0 Å². The van der Waals surface area contributed by atoms with Crippen LogP contribution in [0.3, 0.4) is 0 Å². The summed E-state index contributed by atoms with van der Waals surface area (Å²) in [5, 5.41) is 3.69. The first-order chi connectivity index (χ1) is 9.04. The Balaban J connectivity index is 2.25. The van der Waals surface area contributed by atoms with Crippen LogP contribution >= 0.6 is 11.8 Å². The van der Waals surface area contributed by atoms with Gasteiger partial charge in [0.1, 0.15) is 5.82 Å². The summed E-state index contributed by atoms with van der Waals surface area (Å²) in [7, 11) is 1.89. The third-order valence-electron chi connectivity index (χ3n) is 4.10. The lowest BCUT2D eigenvalue weighted by Gasteiger charge is -2.39. The number of hydrogen-bond donors (Lipinski definition) is 1. The molecule has 4 heteroatoms. The van der Waals surface area contributed by atoms with Crippen molar-refractivity contribution < 1.29 is 4.39 Å². The smallest absolute Gasteiger partial charge is 0.146 e. The van der Waals surface area contributed by atoms with E-state index in [2.05, 4.69) is 24.1 Å². The number of rotatable bonds is 3. The Hall–Kier alpha value is -0.740. The lowest BCUT2D eigenvalue weighted by atomic mass is 10.1. The van der Waals surface area contributed by atoms with Gasteiger partial charge in [-0.1, -0.05) is 13.0 Å². The molecule has 0 bridgehead atoms. The minimum absolute atomic E-state index is 0.106. The lowest BCUT2D eigenvalue weighted by molar-refractivity contribution is 0.575. The summed E-state index contributed by atoms with van der Waals surface area (Å²) in [6.45, 7) is 7.36. The average Bonchev–Trinajstić information content (AvgIpc) is 2.41. The van der Waals surface area contributed by atoms with Gasteiger partial charge in [0.2, 0.25) is 0 Å². The predicted molar refractivity (Wildman–Crippen MR) is 82.6 cm³/mol. The highest BCUT2D eigenvalue weighted by Crippen LogP contribution is 2.31. The first-order valence-corrected chi connectivity index (χ1v) is 7.94. The Bertz CT molecular complexity index is 438. The molecule has 0 aromatic heterocycles. The van der Waals surface area contributed by atoms with Crippen molar-refractivity contribution in [1.29, 1.82) is 0 Å². The average molecular weight is 282 g/mol. The fourth-order valence-electron chi connectivity index (χ4n) is 2.47. The number of thioether (sulfide) groups is 1. The van der Waals surface area contributed by atoms with Crippen LogP contribution in [0.15, 0.2) is 18.2 Å². The maximum Gasteiger partial charge on any atom is 0.146 e. The van der Waals surface area contributed by atoms with Crippen LogP contribution in [0.25, 0.3) is 0 Å². The standard InChI is InChI=1S/C15H23FN2S/c1-10(17-4)13-5-6-15(14(16)9-13)18-7-8-19-12(3)11(18)2/h5-6,9-12,17H,7-8H2,1-4H3. The first kappa shape index (κ1) is 14.7. The van der Waals surface area contributed by atoms with Crippen LogP contribution in [0.4, 0.5) is 10.1 Å². The third-order valence-corrected chi connectivity index (χ3v) is 5.44. The van der Waals surface area contributed by atoms with E-state index >= 15 is 0 Å². The molecular formula is C15H23FN2S. The Morgan fingerprint density at radius 3 is 2.79 bits per heavy atom. The second kappa shape index (κ2) is 6.14. The molecule has 3 atom stereocenters. The molecule has 1 aromatic rings. The molecule has 106 valence electrons. The summed E-state index contributed by atoms with van der Waals surface area (Å²) in [6, 6.07) is 6.17. The molecule has 1 aromatic carbocycles. The van der Waals surface area contributed by atoms with Crippen molar-refractivity contribution in [3.63, 3.8) is 0 Å². The lowest BCUT2D eigenvalue weighted by Crippen LogP contribution is -2.45. The molecule has 1 aliphatic heterocycles. The Labute approximate surface area is 119 Å². The van der Waals surface area contributed by atoms with E-state index < -0.39 is 0 Å². The van der Waals surface area contributed by atoms with Crippen molar-refractivity contribution in [3.05, 3.63) is 29.6 Å². The SMILES string of the molecule is CNC(C)c1ccc(N2CCSC(C)C2C)c(F)c1. The van der Waals surface area contributed by atoms with Gasteiger partial charge in [0.15, 0.2) is 0 Å². The fraction of sp³-hybridized carbons (Fsp3) is 0.600. The van der Waals surface area contributed by atoms with Crippen LogP contribution in [0.1, 0.15) is 32.4 Å². The molecule has 1 N–H and O–H groups in total. The zero-order valence-corrected chi connectivity index (χ0v) is 12.9. The monoisotopic (exact) mass is 282 g/mol. The topological polar surface area (TPSA) is 15.3 Å². The van der Waals surface area contributed by atoms with Gasteiger partial charge in [-0.3, -0.25) is 0 Å². The van der Waals surface area contributed by atoms with Crippen molar-refractivity contribution >= 4 is 17.4 Å². The van der Waals surface area contributed by atoms with Gasteiger partial charge in [0, 0.05) is 29.6 Å². The van der Waals surface area contributed by atoms with Crippen LogP contribution in [-0.4, -0.2) is 30.6 Å². The Kier molecular flexibility index (Phi) is 4.74. The van der Waals surface area contributed by atoms with Crippen LogP contribution in [0.2, 0.25) is 0 Å². The molecule has 2 rings (SSSR count). The zero-order valence-electron chi connectivity index (χ0n) is 12.1. The molecule has 1 fully saturated rings. The van der Waals surface area contributed by atoms with Gasteiger partial charge < -0.3 is 10.2 Å². The summed E-state index contributed by atoms with van der Waals surface area (Å²) in [5.74, 6) is 0.963. The molecule has 1 aliphatic rings. The number of hydrogen-bond acceptors (Lipinski definition) is 3. The van der Waals surface area contributed by atoms with Crippen LogP contribution in [0, 0.1) is 5.82 Å². The number of nitrogens with zero attached hydrogens (tertiary/aromatic N) is 1. The summed E-state index contributed by atoms with van der Waals surface area (Å²) < 4.78 is 14.4. The molecule has 0 spiro atoms. The van der Waals surface area contributed by atoms with E-state index in [-0.39, 0.29) is 11.9 Å².